The summed E-state index contributed by atoms with van der Waals surface area (Å²) in [5.74, 6) is -0.652. The molecule has 1 nitrogen and oxygen atoms in total. The van der Waals surface area contributed by atoms with Gasteiger partial charge in [0, 0.05) is 11.6 Å². The summed E-state index contributed by atoms with van der Waals surface area (Å²) in [6.45, 7) is 0. The molecule has 0 aliphatic heterocycles. The lowest BCUT2D eigenvalue weighted by atomic mass is 10.0. The minimum Gasteiger partial charge on any atom is -0.324 e. The highest BCUT2D eigenvalue weighted by molar-refractivity contribution is 5.29. The van der Waals surface area contributed by atoms with Gasteiger partial charge in [-0.25, -0.2) is 4.39 Å². The van der Waals surface area contributed by atoms with E-state index in [2.05, 4.69) is 0 Å². The molecule has 0 amide bonds. The lowest BCUT2D eigenvalue weighted by Gasteiger charge is -2.13. The highest BCUT2D eigenvalue weighted by atomic mass is 19.4. The molecule has 0 unspecified atom stereocenters. The fraction of sp³-hybridized carbons (Fsp3) is 0.455. The van der Waals surface area contributed by atoms with E-state index in [1.807, 2.05) is 0 Å². The Hall–Kier alpha value is -1.10. The second-order valence-corrected chi connectivity index (χ2v) is 4.10. The van der Waals surface area contributed by atoms with Gasteiger partial charge in [0.1, 0.15) is 5.82 Å². The van der Waals surface area contributed by atoms with Gasteiger partial charge in [-0.05, 0) is 30.9 Å². The molecule has 0 aromatic heterocycles. The molecule has 1 aromatic carbocycles. The van der Waals surface area contributed by atoms with Gasteiger partial charge in [-0.2, -0.15) is 13.2 Å². The average Bonchev–Trinajstić information content (AvgIpc) is 2.98. The van der Waals surface area contributed by atoms with Crippen molar-refractivity contribution in [3.05, 3.63) is 35.1 Å². The molecule has 1 aliphatic rings. The Morgan fingerprint density at radius 3 is 2.31 bits per heavy atom. The number of benzene rings is 1. The summed E-state index contributed by atoms with van der Waals surface area (Å²) >= 11 is 0. The van der Waals surface area contributed by atoms with Crippen molar-refractivity contribution in [3.63, 3.8) is 0 Å². The third-order valence-electron chi connectivity index (χ3n) is 2.82. The van der Waals surface area contributed by atoms with Crippen LogP contribution in [0, 0.1) is 11.7 Å². The van der Waals surface area contributed by atoms with Crippen molar-refractivity contribution in [2.75, 3.05) is 0 Å². The van der Waals surface area contributed by atoms with Gasteiger partial charge in [-0.1, -0.05) is 6.07 Å². The number of nitrogens with two attached hydrogens (primary N) is 1. The van der Waals surface area contributed by atoms with Crippen molar-refractivity contribution < 1.29 is 17.6 Å². The molecular formula is C11H11F4N. The number of hydrogen-bond acceptors (Lipinski definition) is 1. The summed E-state index contributed by atoms with van der Waals surface area (Å²) < 4.78 is 50.3. The molecule has 5 heteroatoms. The molecule has 1 aliphatic carbocycles. The van der Waals surface area contributed by atoms with Crippen molar-refractivity contribution in [1.82, 2.24) is 0 Å². The minimum atomic E-state index is -4.51. The number of hydrogen-bond donors (Lipinski definition) is 1. The zero-order chi connectivity index (χ0) is 11.9. The fourth-order valence-electron chi connectivity index (χ4n) is 1.68. The van der Waals surface area contributed by atoms with Crippen LogP contribution in [0.2, 0.25) is 0 Å². The quantitative estimate of drug-likeness (QED) is 0.779. The predicted molar refractivity (Wildman–Crippen MR) is 51.1 cm³/mol. The van der Waals surface area contributed by atoms with Crippen LogP contribution in [-0.2, 0) is 6.18 Å². The largest absolute Gasteiger partial charge is 0.416 e. The lowest BCUT2D eigenvalue weighted by molar-refractivity contribution is -0.137. The molecule has 0 radical (unpaired) electrons. The maximum Gasteiger partial charge on any atom is 0.416 e. The van der Waals surface area contributed by atoms with Gasteiger partial charge in [-0.15, -0.1) is 0 Å². The molecule has 0 bridgehead atoms. The summed E-state index contributed by atoms with van der Waals surface area (Å²) in [5.41, 5.74) is 4.94. The van der Waals surface area contributed by atoms with E-state index < -0.39 is 23.6 Å². The van der Waals surface area contributed by atoms with E-state index in [4.69, 9.17) is 5.73 Å². The van der Waals surface area contributed by atoms with Crippen LogP contribution >= 0.6 is 0 Å². The predicted octanol–water partition coefficient (Wildman–Crippen LogP) is 3.25. The average molecular weight is 233 g/mol. The van der Waals surface area contributed by atoms with Crippen LogP contribution in [0.5, 0.6) is 0 Å². The van der Waals surface area contributed by atoms with Gasteiger partial charge in [0.15, 0.2) is 0 Å². The number of halogens is 4. The van der Waals surface area contributed by atoms with Gasteiger partial charge < -0.3 is 5.73 Å². The number of alkyl halides is 3. The molecule has 0 heterocycles. The first-order valence-electron chi connectivity index (χ1n) is 5.02. The molecule has 1 aromatic rings. The zero-order valence-corrected chi connectivity index (χ0v) is 8.39. The van der Waals surface area contributed by atoms with Gasteiger partial charge >= 0.3 is 6.18 Å². The van der Waals surface area contributed by atoms with Crippen LogP contribution in [0.1, 0.15) is 30.0 Å². The van der Waals surface area contributed by atoms with Gasteiger partial charge in [-0.3, -0.25) is 0 Å². The summed E-state index contributed by atoms with van der Waals surface area (Å²) in [7, 11) is 0. The Bertz CT molecular complexity index is 395. The van der Waals surface area contributed by atoms with Crippen molar-refractivity contribution >= 4 is 0 Å². The monoisotopic (exact) mass is 233 g/mol. The molecule has 2 rings (SSSR count). The molecule has 0 saturated heterocycles. The Labute approximate surface area is 90.3 Å². The highest BCUT2D eigenvalue weighted by Crippen LogP contribution is 2.41. The Morgan fingerprint density at radius 2 is 1.88 bits per heavy atom. The molecule has 1 fully saturated rings. The molecule has 16 heavy (non-hydrogen) atoms. The van der Waals surface area contributed by atoms with Crippen LogP contribution in [0.25, 0.3) is 0 Å². The standard InChI is InChI=1S/C11H11F4N/c12-9-5-7(11(13,14)15)3-4-8(9)10(16)6-1-2-6/h3-6,10H,1-2,16H2/t10-/m1/s1. The van der Waals surface area contributed by atoms with E-state index in [1.165, 1.54) is 0 Å². The zero-order valence-electron chi connectivity index (χ0n) is 8.39. The van der Waals surface area contributed by atoms with E-state index >= 15 is 0 Å². The molecule has 0 spiro atoms. The van der Waals surface area contributed by atoms with E-state index in [0.29, 0.717) is 6.07 Å². The van der Waals surface area contributed by atoms with Crippen LogP contribution in [0.3, 0.4) is 0 Å². The van der Waals surface area contributed by atoms with Gasteiger partial charge in [0.2, 0.25) is 0 Å². The number of rotatable bonds is 2. The maximum atomic E-state index is 13.4. The second-order valence-electron chi connectivity index (χ2n) is 4.10. The first-order chi connectivity index (χ1) is 7.39. The highest BCUT2D eigenvalue weighted by Gasteiger charge is 2.34. The van der Waals surface area contributed by atoms with Gasteiger partial charge in [0.25, 0.3) is 0 Å². The first kappa shape index (κ1) is 11.4. The van der Waals surface area contributed by atoms with Crippen LogP contribution in [0.4, 0.5) is 17.6 Å². The summed E-state index contributed by atoms with van der Waals surface area (Å²) in [4.78, 5) is 0. The molecule has 88 valence electrons. The van der Waals surface area contributed by atoms with Crippen molar-refractivity contribution in [3.8, 4) is 0 Å². The Kier molecular flexibility index (Phi) is 2.66. The minimum absolute atomic E-state index is 0.176. The Balaban J connectivity index is 2.29. The summed E-state index contributed by atoms with van der Waals surface area (Å²) in [6, 6.07) is 2.04. The summed E-state index contributed by atoms with van der Waals surface area (Å²) in [6.07, 6.45) is -2.67. The van der Waals surface area contributed by atoms with Gasteiger partial charge in [0.05, 0.1) is 5.56 Å². The van der Waals surface area contributed by atoms with Crippen molar-refractivity contribution in [2.24, 2.45) is 11.7 Å². The molecule has 2 N–H and O–H groups in total. The van der Waals surface area contributed by atoms with E-state index in [9.17, 15) is 17.6 Å². The summed E-state index contributed by atoms with van der Waals surface area (Å²) in [5, 5.41) is 0. The van der Waals surface area contributed by atoms with E-state index in [0.717, 1.165) is 25.0 Å². The van der Waals surface area contributed by atoms with E-state index in [-0.39, 0.29) is 11.5 Å². The fourth-order valence-corrected chi connectivity index (χ4v) is 1.68. The van der Waals surface area contributed by atoms with Crippen LogP contribution in [0.15, 0.2) is 18.2 Å². The first-order valence-corrected chi connectivity index (χ1v) is 5.02. The molecular weight excluding hydrogens is 222 g/mol. The van der Waals surface area contributed by atoms with Crippen LogP contribution in [-0.4, -0.2) is 0 Å². The normalized spacial score (nSPS) is 18.6. The lowest BCUT2D eigenvalue weighted by Crippen LogP contribution is -2.15. The third-order valence-corrected chi connectivity index (χ3v) is 2.82. The SMILES string of the molecule is N[C@@H](c1ccc(C(F)(F)F)cc1F)C1CC1. The smallest absolute Gasteiger partial charge is 0.324 e. The molecule has 1 saturated carbocycles. The Morgan fingerprint density at radius 1 is 1.25 bits per heavy atom. The molecule has 1 atom stereocenters. The van der Waals surface area contributed by atoms with E-state index in [1.54, 1.807) is 0 Å². The topological polar surface area (TPSA) is 26.0 Å². The maximum absolute atomic E-state index is 13.4. The third kappa shape index (κ3) is 2.19. The van der Waals surface area contributed by atoms with Crippen molar-refractivity contribution in [1.29, 1.82) is 0 Å². The second kappa shape index (κ2) is 3.73. The van der Waals surface area contributed by atoms with Crippen molar-refractivity contribution in [2.45, 2.75) is 25.1 Å². The van der Waals surface area contributed by atoms with Crippen LogP contribution < -0.4 is 5.73 Å².